The van der Waals surface area contributed by atoms with E-state index in [-0.39, 0.29) is 17.5 Å². The molecule has 0 saturated heterocycles. The number of fused-ring (bicyclic) bond motifs is 1. The fourth-order valence-corrected chi connectivity index (χ4v) is 4.12. The van der Waals surface area contributed by atoms with E-state index >= 15 is 0 Å². The van der Waals surface area contributed by atoms with E-state index in [2.05, 4.69) is 5.32 Å². The molecule has 0 spiro atoms. The minimum Gasteiger partial charge on any atom is -0.465 e. The highest BCUT2D eigenvalue weighted by molar-refractivity contribution is 6.05. The van der Waals surface area contributed by atoms with Gasteiger partial charge in [-0.1, -0.05) is 12.1 Å². The van der Waals surface area contributed by atoms with Crippen molar-refractivity contribution in [3.63, 3.8) is 0 Å². The standard InChI is InChI=1S/C26H26N2O4/c1-15-3-6-18(24(29)27-19-8-9-19)12-21(15)17-7-10-20-22(11-17)23(26(31)32-2)14-28(25(20)30)13-16-4-5-16/h3,6-7,10-12,14,16,19H,4-5,8-9,13H2,1-2H3,(H,27,29). The summed E-state index contributed by atoms with van der Waals surface area (Å²) >= 11 is 0. The molecule has 1 N–H and O–H groups in total. The molecule has 1 heterocycles. The topological polar surface area (TPSA) is 77.4 Å². The van der Waals surface area contributed by atoms with Crippen molar-refractivity contribution >= 4 is 22.6 Å². The van der Waals surface area contributed by atoms with Crippen molar-refractivity contribution in [1.82, 2.24) is 9.88 Å². The maximum absolute atomic E-state index is 13.1. The molecule has 1 amide bonds. The van der Waals surface area contributed by atoms with Crippen LogP contribution in [0.15, 0.2) is 47.4 Å². The average Bonchev–Trinajstić information content (AvgIpc) is 3.72. The number of carbonyl (C=O) groups excluding carboxylic acids is 2. The van der Waals surface area contributed by atoms with Crippen LogP contribution in [0.4, 0.5) is 0 Å². The summed E-state index contributed by atoms with van der Waals surface area (Å²) in [5.74, 6) is -0.0409. The third-order valence-corrected chi connectivity index (χ3v) is 6.37. The van der Waals surface area contributed by atoms with E-state index in [1.165, 1.54) is 7.11 Å². The van der Waals surface area contributed by atoms with Gasteiger partial charge in [0.15, 0.2) is 0 Å². The maximum atomic E-state index is 13.1. The lowest BCUT2D eigenvalue weighted by Gasteiger charge is -2.14. The van der Waals surface area contributed by atoms with Crippen LogP contribution in [0.3, 0.4) is 0 Å². The van der Waals surface area contributed by atoms with Crippen molar-refractivity contribution in [2.45, 2.75) is 45.2 Å². The number of hydrogen-bond acceptors (Lipinski definition) is 4. The second-order valence-electron chi connectivity index (χ2n) is 8.97. The minimum atomic E-state index is -0.467. The Morgan fingerprint density at radius 3 is 2.53 bits per heavy atom. The SMILES string of the molecule is COC(=O)c1cn(CC2CC2)c(=O)c2ccc(-c3cc(C(=O)NC4CC4)ccc3C)cc12. The first-order valence-corrected chi connectivity index (χ1v) is 11.1. The highest BCUT2D eigenvalue weighted by Crippen LogP contribution is 2.32. The Morgan fingerprint density at radius 1 is 1.06 bits per heavy atom. The fraction of sp³-hybridized carbons (Fsp3) is 0.346. The second kappa shape index (κ2) is 7.93. The number of rotatable bonds is 6. The minimum absolute atomic E-state index is 0.0762. The lowest BCUT2D eigenvalue weighted by Crippen LogP contribution is -2.25. The van der Waals surface area contributed by atoms with Crippen LogP contribution in [-0.4, -0.2) is 29.6 Å². The number of pyridine rings is 1. The molecule has 5 rings (SSSR count). The average molecular weight is 431 g/mol. The van der Waals surface area contributed by atoms with Gasteiger partial charge in [-0.2, -0.15) is 0 Å². The van der Waals surface area contributed by atoms with Crippen molar-refractivity contribution in [2.75, 3.05) is 7.11 Å². The summed E-state index contributed by atoms with van der Waals surface area (Å²) in [6, 6.07) is 11.4. The highest BCUT2D eigenvalue weighted by atomic mass is 16.5. The predicted octanol–water partition coefficient (Wildman–Crippen LogP) is 4.07. The van der Waals surface area contributed by atoms with Crippen LogP contribution in [0, 0.1) is 12.8 Å². The highest BCUT2D eigenvalue weighted by Gasteiger charge is 2.25. The Kier molecular flexibility index (Phi) is 5.08. The molecule has 0 bridgehead atoms. The fourth-order valence-electron chi connectivity index (χ4n) is 4.12. The van der Waals surface area contributed by atoms with Crippen LogP contribution < -0.4 is 10.9 Å². The van der Waals surface area contributed by atoms with Gasteiger partial charge in [0.2, 0.25) is 0 Å². The Labute approximate surface area is 186 Å². The number of nitrogens with one attached hydrogen (secondary N) is 1. The van der Waals surface area contributed by atoms with Crippen molar-refractivity contribution in [3.05, 3.63) is 69.6 Å². The molecule has 6 nitrogen and oxygen atoms in total. The summed E-state index contributed by atoms with van der Waals surface area (Å²) in [7, 11) is 1.35. The Balaban J connectivity index is 1.61. The Morgan fingerprint density at radius 2 is 1.84 bits per heavy atom. The number of carbonyl (C=O) groups is 2. The lowest BCUT2D eigenvalue weighted by molar-refractivity contribution is 0.0601. The molecule has 0 aliphatic heterocycles. The quantitative estimate of drug-likeness (QED) is 0.598. The molecule has 0 unspecified atom stereocenters. The van der Waals surface area contributed by atoms with Gasteiger partial charge in [-0.3, -0.25) is 9.59 Å². The predicted molar refractivity (Wildman–Crippen MR) is 123 cm³/mol. The number of benzene rings is 2. The van der Waals surface area contributed by atoms with Gasteiger partial charge in [-0.25, -0.2) is 4.79 Å². The normalized spacial score (nSPS) is 15.6. The van der Waals surface area contributed by atoms with E-state index in [4.69, 9.17) is 4.74 Å². The Bertz CT molecular complexity index is 1300. The number of ether oxygens (including phenoxy) is 1. The molecule has 32 heavy (non-hydrogen) atoms. The zero-order valence-corrected chi connectivity index (χ0v) is 18.3. The summed E-state index contributed by atoms with van der Waals surface area (Å²) in [5.41, 5.74) is 3.64. The summed E-state index contributed by atoms with van der Waals surface area (Å²) in [4.78, 5) is 38.2. The van der Waals surface area contributed by atoms with Gasteiger partial charge >= 0.3 is 5.97 Å². The zero-order valence-electron chi connectivity index (χ0n) is 18.3. The van der Waals surface area contributed by atoms with Gasteiger partial charge in [0.25, 0.3) is 11.5 Å². The number of nitrogens with zero attached hydrogens (tertiary/aromatic N) is 1. The summed E-state index contributed by atoms with van der Waals surface area (Å²) in [5, 5.41) is 4.09. The number of aromatic nitrogens is 1. The molecule has 1 aromatic heterocycles. The molecular weight excluding hydrogens is 404 g/mol. The third-order valence-electron chi connectivity index (χ3n) is 6.37. The molecule has 0 radical (unpaired) electrons. The first-order chi connectivity index (χ1) is 15.4. The van der Waals surface area contributed by atoms with Gasteiger partial charge < -0.3 is 14.6 Å². The van der Waals surface area contributed by atoms with Crippen molar-refractivity contribution in [3.8, 4) is 11.1 Å². The van der Waals surface area contributed by atoms with E-state index < -0.39 is 5.97 Å². The zero-order chi connectivity index (χ0) is 22.4. The van der Waals surface area contributed by atoms with E-state index in [0.29, 0.717) is 34.4 Å². The lowest BCUT2D eigenvalue weighted by atomic mass is 9.95. The van der Waals surface area contributed by atoms with Gasteiger partial charge in [-0.15, -0.1) is 0 Å². The second-order valence-corrected chi connectivity index (χ2v) is 8.97. The van der Waals surface area contributed by atoms with E-state index in [9.17, 15) is 14.4 Å². The van der Waals surface area contributed by atoms with Crippen LogP contribution in [0.1, 0.15) is 52.0 Å². The van der Waals surface area contributed by atoms with E-state index in [1.807, 2.05) is 37.3 Å². The largest absolute Gasteiger partial charge is 0.465 e. The summed E-state index contributed by atoms with van der Waals surface area (Å²) in [6.45, 7) is 2.61. The molecule has 164 valence electrons. The first kappa shape index (κ1) is 20.5. The van der Waals surface area contributed by atoms with Gasteiger partial charge in [0.1, 0.15) is 0 Å². The monoisotopic (exact) mass is 430 g/mol. The van der Waals surface area contributed by atoms with Crippen LogP contribution in [0.5, 0.6) is 0 Å². The number of hydrogen-bond donors (Lipinski definition) is 1. The van der Waals surface area contributed by atoms with E-state index in [1.54, 1.807) is 16.8 Å². The molecule has 0 atom stereocenters. The molecule has 2 aliphatic rings. The molecular formula is C26H26N2O4. The van der Waals surface area contributed by atoms with Gasteiger partial charge in [0, 0.05) is 35.1 Å². The van der Waals surface area contributed by atoms with Crippen LogP contribution in [0.25, 0.3) is 21.9 Å². The smallest absolute Gasteiger partial charge is 0.339 e. The summed E-state index contributed by atoms with van der Waals surface area (Å²) < 4.78 is 6.65. The summed E-state index contributed by atoms with van der Waals surface area (Å²) in [6.07, 6.45) is 5.92. The van der Waals surface area contributed by atoms with Crippen LogP contribution in [0.2, 0.25) is 0 Å². The molecule has 3 aromatic rings. The number of aryl methyl sites for hydroxylation is 1. The number of amides is 1. The molecule has 2 aromatic carbocycles. The number of esters is 1. The maximum Gasteiger partial charge on any atom is 0.339 e. The van der Waals surface area contributed by atoms with Gasteiger partial charge in [-0.05, 0) is 79.5 Å². The van der Waals surface area contributed by atoms with Crippen LogP contribution in [-0.2, 0) is 11.3 Å². The van der Waals surface area contributed by atoms with Gasteiger partial charge in [0.05, 0.1) is 12.7 Å². The molecule has 2 fully saturated rings. The van der Waals surface area contributed by atoms with Crippen molar-refractivity contribution in [1.29, 1.82) is 0 Å². The Hall–Kier alpha value is -3.41. The molecule has 2 saturated carbocycles. The first-order valence-electron chi connectivity index (χ1n) is 11.1. The molecule has 2 aliphatic carbocycles. The van der Waals surface area contributed by atoms with E-state index in [0.717, 1.165) is 42.4 Å². The van der Waals surface area contributed by atoms with Crippen molar-refractivity contribution < 1.29 is 14.3 Å². The van der Waals surface area contributed by atoms with Crippen LogP contribution >= 0.6 is 0 Å². The third kappa shape index (κ3) is 3.93. The number of methoxy groups -OCH3 is 1. The molecule has 6 heteroatoms. The van der Waals surface area contributed by atoms with Crippen molar-refractivity contribution in [2.24, 2.45) is 5.92 Å².